The van der Waals surface area contributed by atoms with Crippen molar-refractivity contribution in [2.45, 2.75) is 19.3 Å². The highest BCUT2D eigenvalue weighted by Crippen LogP contribution is 1.96. The van der Waals surface area contributed by atoms with Crippen molar-refractivity contribution in [1.82, 2.24) is 0 Å². The van der Waals surface area contributed by atoms with E-state index in [-0.39, 0.29) is 12.4 Å². The molecule has 62 valence electrons. The fourth-order valence-corrected chi connectivity index (χ4v) is 1.13. The minimum atomic E-state index is -4.04. The largest absolute Gasteiger partial charge is 0.748 e. The number of hydrogen-bond acceptors (Lipinski definition) is 4. The van der Waals surface area contributed by atoms with Crippen LogP contribution in [0.1, 0.15) is 19.3 Å². The van der Waals surface area contributed by atoms with Crippen molar-refractivity contribution in [3.8, 4) is 0 Å². The molecule has 0 rings (SSSR count). The molecule has 0 amide bonds. The Morgan fingerprint density at radius 1 is 1.20 bits per heavy atom. The molecule has 0 spiro atoms. The summed E-state index contributed by atoms with van der Waals surface area (Å²) in [5.74, 6) is -0.312. The highest BCUT2D eigenvalue weighted by molar-refractivity contribution is 7.85. The van der Waals surface area contributed by atoms with Gasteiger partial charge in [0, 0.05) is 12.4 Å². The van der Waals surface area contributed by atoms with Crippen LogP contribution < -0.4 is 0 Å². The molecule has 5 heteroatoms. The molecule has 0 saturated heterocycles. The minimum Gasteiger partial charge on any atom is -0.748 e. The van der Waals surface area contributed by atoms with Gasteiger partial charge in [-0.1, -0.05) is 6.42 Å². The van der Waals surface area contributed by atoms with Gasteiger partial charge in [0.2, 0.25) is 0 Å². The molecular formula is C5H11O4S-. The van der Waals surface area contributed by atoms with Gasteiger partial charge in [-0.05, 0) is 12.8 Å². The molecular weight excluding hydrogens is 156 g/mol. The first-order valence-electron chi connectivity index (χ1n) is 3.10. The first kappa shape index (κ1) is 9.87. The fourth-order valence-electron chi connectivity index (χ4n) is 0.567. The number of unbranched alkanes of at least 4 members (excludes halogenated alkanes) is 2. The molecule has 0 aliphatic rings. The lowest BCUT2D eigenvalue weighted by Crippen LogP contribution is -2.03. The summed E-state index contributed by atoms with van der Waals surface area (Å²) in [6.07, 6.45) is 1.51. The lowest BCUT2D eigenvalue weighted by molar-refractivity contribution is 0.284. The van der Waals surface area contributed by atoms with E-state index in [2.05, 4.69) is 0 Å². The van der Waals surface area contributed by atoms with Gasteiger partial charge in [-0.2, -0.15) is 0 Å². The minimum absolute atomic E-state index is 0.0545. The smallest absolute Gasteiger partial charge is 0.0945 e. The zero-order valence-electron chi connectivity index (χ0n) is 5.62. The molecule has 0 aliphatic heterocycles. The van der Waals surface area contributed by atoms with E-state index in [0.717, 1.165) is 0 Å². The van der Waals surface area contributed by atoms with Gasteiger partial charge in [-0.15, -0.1) is 0 Å². The third kappa shape index (κ3) is 7.87. The van der Waals surface area contributed by atoms with Crippen molar-refractivity contribution < 1.29 is 18.1 Å². The second kappa shape index (κ2) is 4.65. The molecule has 0 aromatic rings. The van der Waals surface area contributed by atoms with Crippen LogP contribution in [0.25, 0.3) is 0 Å². The Bertz CT molecular complexity index is 160. The van der Waals surface area contributed by atoms with E-state index < -0.39 is 10.1 Å². The molecule has 0 fully saturated rings. The van der Waals surface area contributed by atoms with E-state index >= 15 is 0 Å². The SMILES string of the molecule is O=S(=O)([O-])CCCCCO. The number of aliphatic hydroxyl groups excluding tert-OH is 1. The van der Waals surface area contributed by atoms with Crippen LogP contribution in [0.2, 0.25) is 0 Å². The summed E-state index contributed by atoms with van der Waals surface area (Å²) in [6, 6.07) is 0. The number of aliphatic hydroxyl groups is 1. The normalized spacial score (nSPS) is 11.8. The predicted octanol–water partition coefficient (Wildman–Crippen LogP) is -0.306. The molecule has 4 nitrogen and oxygen atoms in total. The van der Waals surface area contributed by atoms with Crippen molar-refractivity contribution in [1.29, 1.82) is 0 Å². The lowest BCUT2D eigenvalue weighted by Gasteiger charge is -2.04. The van der Waals surface area contributed by atoms with Gasteiger partial charge >= 0.3 is 0 Å². The average molecular weight is 167 g/mol. The van der Waals surface area contributed by atoms with E-state index in [4.69, 9.17) is 5.11 Å². The van der Waals surface area contributed by atoms with Gasteiger partial charge < -0.3 is 9.66 Å². The van der Waals surface area contributed by atoms with Crippen molar-refractivity contribution in [2.75, 3.05) is 12.4 Å². The number of hydrogen-bond donors (Lipinski definition) is 1. The Balaban J connectivity index is 3.21. The number of rotatable bonds is 5. The molecule has 0 aromatic carbocycles. The Labute approximate surface area is 60.6 Å². The molecule has 1 N–H and O–H groups in total. The Kier molecular flexibility index (Phi) is 4.59. The van der Waals surface area contributed by atoms with Crippen molar-refractivity contribution >= 4 is 10.1 Å². The summed E-state index contributed by atoms with van der Waals surface area (Å²) in [7, 11) is -4.04. The average Bonchev–Trinajstić information content (AvgIpc) is 1.78. The molecule has 0 unspecified atom stereocenters. The zero-order valence-corrected chi connectivity index (χ0v) is 6.43. The lowest BCUT2D eigenvalue weighted by atomic mass is 10.3. The van der Waals surface area contributed by atoms with Gasteiger partial charge in [0.05, 0.1) is 10.1 Å². The van der Waals surface area contributed by atoms with Crippen molar-refractivity contribution in [3.63, 3.8) is 0 Å². The van der Waals surface area contributed by atoms with E-state index in [1.165, 1.54) is 0 Å². The summed E-state index contributed by atoms with van der Waals surface area (Å²) >= 11 is 0. The first-order chi connectivity index (χ1) is 4.56. The summed E-state index contributed by atoms with van der Waals surface area (Å²) in [5.41, 5.74) is 0. The molecule has 0 saturated carbocycles. The molecule has 0 aromatic heterocycles. The maximum absolute atomic E-state index is 9.98. The topological polar surface area (TPSA) is 77.4 Å². The van der Waals surface area contributed by atoms with Gasteiger partial charge in [0.25, 0.3) is 0 Å². The Morgan fingerprint density at radius 2 is 1.80 bits per heavy atom. The molecule has 0 heterocycles. The fraction of sp³-hybridized carbons (Fsp3) is 1.00. The molecule has 0 atom stereocenters. The second-order valence-electron chi connectivity index (χ2n) is 2.05. The highest BCUT2D eigenvalue weighted by Gasteiger charge is 1.93. The van der Waals surface area contributed by atoms with Crippen LogP contribution in [0.4, 0.5) is 0 Å². The van der Waals surface area contributed by atoms with Gasteiger partial charge in [-0.25, -0.2) is 8.42 Å². The van der Waals surface area contributed by atoms with Crippen LogP contribution in [0, 0.1) is 0 Å². The summed E-state index contributed by atoms with van der Waals surface area (Å²) < 4.78 is 29.9. The molecule has 0 bridgehead atoms. The van der Waals surface area contributed by atoms with E-state index in [9.17, 15) is 13.0 Å². The maximum Gasteiger partial charge on any atom is 0.0945 e. The maximum atomic E-state index is 9.98. The van der Waals surface area contributed by atoms with Crippen molar-refractivity contribution in [2.24, 2.45) is 0 Å². The van der Waals surface area contributed by atoms with E-state index in [1.807, 2.05) is 0 Å². The Morgan fingerprint density at radius 3 is 2.20 bits per heavy atom. The summed E-state index contributed by atoms with van der Waals surface area (Å²) in [5, 5.41) is 8.27. The van der Waals surface area contributed by atoms with Crippen LogP contribution in [0.15, 0.2) is 0 Å². The van der Waals surface area contributed by atoms with Crippen LogP contribution in [-0.2, 0) is 10.1 Å². The van der Waals surface area contributed by atoms with Gasteiger partial charge in [0.15, 0.2) is 0 Å². The molecule has 0 aliphatic carbocycles. The third-order valence-corrected chi connectivity index (χ3v) is 1.84. The van der Waals surface area contributed by atoms with Crippen LogP contribution in [-0.4, -0.2) is 30.4 Å². The highest BCUT2D eigenvalue weighted by atomic mass is 32.2. The standard InChI is InChI=1S/C5H12O4S/c6-4-2-1-3-5-10(7,8)9/h6H,1-5H2,(H,7,8,9)/p-1. The van der Waals surface area contributed by atoms with Gasteiger partial charge in [0.1, 0.15) is 0 Å². The monoisotopic (exact) mass is 167 g/mol. The Hall–Kier alpha value is -0.130. The quantitative estimate of drug-likeness (QED) is 0.450. The second-order valence-corrected chi connectivity index (χ2v) is 3.57. The predicted molar refractivity (Wildman–Crippen MR) is 35.5 cm³/mol. The third-order valence-electron chi connectivity index (χ3n) is 1.05. The van der Waals surface area contributed by atoms with Crippen LogP contribution in [0.5, 0.6) is 0 Å². The van der Waals surface area contributed by atoms with Gasteiger partial charge in [-0.3, -0.25) is 0 Å². The van der Waals surface area contributed by atoms with Crippen molar-refractivity contribution in [3.05, 3.63) is 0 Å². The van der Waals surface area contributed by atoms with E-state index in [0.29, 0.717) is 19.3 Å². The summed E-state index contributed by atoms with van der Waals surface area (Å²) in [6.45, 7) is 0.0545. The molecule has 0 radical (unpaired) electrons. The van der Waals surface area contributed by atoms with E-state index in [1.54, 1.807) is 0 Å². The first-order valence-corrected chi connectivity index (χ1v) is 4.68. The van der Waals surface area contributed by atoms with Crippen LogP contribution >= 0.6 is 0 Å². The van der Waals surface area contributed by atoms with Crippen LogP contribution in [0.3, 0.4) is 0 Å². The summed E-state index contributed by atoms with van der Waals surface area (Å²) in [4.78, 5) is 0. The zero-order chi connectivity index (χ0) is 8.04. The molecule has 10 heavy (non-hydrogen) atoms.